The molecule has 1 aliphatic heterocycles. The van der Waals surface area contributed by atoms with Gasteiger partial charge in [0.15, 0.2) is 0 Å². The number of halogens is 2. The van der Waals surface area contributed by atoms with Gasteiger partial charge in [-0.25, -0.2) is 0 Å². The summed E-state index contributed by atoms with van der Waals surface area (Å²) in [6.45, 7) is 5.22. The van der Waals surface area contributed by atoms with E-state index in [9.17, 15) is 9.59 Å². The van der Waals surface area contributed by atoms with Crippen molar-refractivity contribution in [3.05, 3.63) is 28.2 Å². The highest BCUT2D eigenvalue weighted by Crippen LogP contribution is 2.25. The minimum atomic E-state index is -0.290. The predicted octanol–water partition coefficient (Wildman–Crippen LogP) is 1.68. The van der Waals surface area contributed by atoms with Gasteiger partial charge in [-0.3, -0.25) is 19.4 Å². The van der Waals surface area contributed by atoms with Crippen LogP contribution < -0.4 is 10.6 Å². The number of hydrogen-bond acceptors (Lipinski definition) is 4. The molecule has 0 radical (unpaired) electrons. The molecule has 6 nitrogen and oxygen atoms in total. The third-order valence-corrected chi connectivity index (χ3v) is 4.73. The molecule has 1 aromatic rings. The van der Waals surface area contributed by atoms with Crippen molar-refractivity contribution in [1.29, 1.82) is 0 Å². The van der Waals surface area contributed by atoms with Crippen LogP contribution >= 0.6 is 23.2 Å². The molecule has 1 atom stereocenters. The van der Waals surface area contributed by atoms with Gasteiger partial charge in [-0.15, -0.1) is 0 Å². The Kier molecular flexibility index (Phi) is 6.86. The average molecular weight is 373 g/mol. The second-order valence-electron chi connectivity index (χ2n) is 5.77. The highest BCUT2D eigenvalue weighted by molar-refractivity contribution is 6.35. The number of nitrogens with zero attached hydrogens (tertiary/aromatic N) is 2. The first-order valence-electron chi connectivity index (χ1n) is 7.83. The molecule has 0 saturated carbocycles. The van der Waals surface area contributed by atoms with Crippen LogP contribution in [0.15, 0.2) is 18.2 Å². The predicted molar refractivity (Wildman–Crippen MR) is 96.6 cm³/mol. The summed E-state index contributed by atoms with van der Waals surface area (Å²) in [7, 11) is 1.63. The molecule has 0 aliphatic carbocycles. The first kappa shape index (κ1) is 19.0. The van der Waals surface area contributed by atoms with Crippen LogP contribution in [0.2, 0.25) is 10.0 Å². The number of anilines is 1. The van der Waals surface area contributed by atoms with Gasteiger partial charge in [0.2, 0.25) is 11.8 Å². The Balaban J connectivity index is 1.88. The quantitative estimate of drug-likeness (QED) is 0.825. The third kappa shape index (κ3) is 5.08. The lowest BCUT2D eigenvalue weighted by atomic mass is 10.2. The Morgan fingerprint density at radius 3 is 2.50 bits per heavy atom. The average Bonchev–Trinajstić information content (AvgIpc) is 2.58. The Labute approximate surface area is 152 Å². The van der Waals surface area contributed by atoms with Crippen LogP contribution in [0, 0.1) is 0 Å². The van der Waals surface area contributed by atoms with E-state index in [2.05, 4.69) is 20.4 Å². The molecule has 0 spiro atoms. The number of nitrogens with one attached hydrogen (secondary N) is 2. The number of amides is 2. The van der Waals surface area contributed by atoms with Gasteiger partial charge < -0.3 is 10.6 Å². The molecule has 0 bridgehead atoms. The largest absolute Gasteiger partial charge is 0.358 e. The van der Waals surface area contributed by atoms with Gasteiger partial charge in [-0.2, -0.15) is 0 Å². The second kappa shape index (κ2) is 8.67. The maximum absolute atomic E-state index is 12.4. The van der Waals surface area contributed by atoms with Crippen molar-refractivity contribution in [3.63, 3.8) is 0 Å². The van der Waals surface area contributed by atoms with E-state index in [-0.39, 0.29) is 17.9 Å². The summed E-state index contributed by atoms with van der Waals surface area (Å²) in [6, 6.07) is 4.67. The highest BCUT2D eigenvalue weighted by Gasteiger charge is 2.26. The fourth-order valence-electron chi connectivity index (χ4n) is 2.59. The summed E-state index contributed by atoms with van der Waals surface area (Å²) < 4.78 is 0. The van der Waals surface area contributed by atoms with Crippen molar-refractivity contribution in [3.8, 4) is 0 Å². The van der Waals surface area contributed by atoms with E-state index >= 15 is 0 Å². The third-order valence-electron chi connectivity index (χ3n) is 4.17. The van der Waals surface area contributed by atoms with Gasteiger partial charge >= 0.3 is 0 Å². The van der Waals surface area contributed by atoms with Gasteiger partial charge in [-0.05, 0) is 25.1 Å². The second-order valence-corrected chi connectivity index (χ2v) is 6.62. The Morgan fingerprint density at radius 2 is 1.88 bits per heavy atom. The number of rotatable bonds is 5. The lowest BCUT2D eigenvalue weighted by Crippen LogP contribution is -2.54. The topological polar surface area (TPSA) is 64.7 Å². The zero-order valence-corrected chi connectivity index (χ0v) is 15.3. The van der Waals surface area contributed by atoms with Crippen molar-refractivity contribution in [2.24, 2.45) is 0 Å². The molecule has 1 aliphatic rings. The normalized spacial score (nSPS) is 17.3. The molecular weight excluding hydrogens is 351 g/mol. The van der Waals surface area contributed by atoms with Crippen LogP contribution in [0.25, 0.3) is 0 Å². The van der Waals surface area contributed by atoms with E-state index in [1.54, 1.807) is 25.2 Å². The molecular formula is C16H22Cl2N4O2. The summed E-state index contributed by atoms with van der Waals surface area (Å²) in [5.41, 5.74) is 0.513. The van der Waals surface area contributed by atoms with E-state index in [1.165, 1.54) is 0 Å². The summed E-state index contributed by atoms with van der Waals surface area (Å²) in [6.07, 6.45) is 0. The minimum Gasteiger partial charge on any atom is -0.358 e. The van der Waals surface area contributed by atoms with Crippen LogP contribution in [0.1, 0.15) is 6.92 Å². The SMILES string of the molecule is CNC(=O)CN1CCN([C@H](C)C(=O)Nc2cc(Cl)ccc2Cl)CC1. The van der Waals surface area contributed by atoms with E-state index in [4.69, 9.17) is 23.2 Å². The number of likely N-dealkylation sites (N-methyl/N-ethyl adjacent to an activating group) is 1. The molecule has 1 fully saturated rings. The summed E-state index contributed by atoms with van der Waals surface area (Å²) in [5.74, 6) is -0.122. The Morgan fingerprint density at radius 1 is 1.21 bits per heavy atom. The summed E-state index contributed by atoms with van der Waals surface area (Å²) in [4.78, 5) is 28.0. The van der Waals surface area contributed by atoms with Crippen molar-refractivity contribution < 1.29 is 9.59 Å². The van der Waals surface area contributed by atoms with E-state index < -0.39 is 0 Å². The smallest absolute Gasteiger partial charge is 0.241 e. The number of carbonyl (C=O) groups excluding carboxylic acids is 2. The standard InChI is InChI=1S/C16H22Cl2N4O2/c1-11(16(24)20-14-9-12(17)3-4-13(14)18)22-7-5-21(6-8-22)10-15(23)19-2/h3-4,9,11H,5-8,10H2,1-2H3,(H,19,23)(H,20,24)/t11-/m1/s1. The van der Waals surface area contributed by atoms with Crippen LogP contribution in [0.4, 0.5) is 5.69 Å². The zero-order valence-electron chi connectivity index (χ0n) is 13.8. The zero-order chi connectivity index (χ0) is 17.7. The fourth-order valence-corrected chi connectivity index (χ4v) is 2.92. The van der Waals surface area contributed by atoms with E-state index in [1.807, 2.05) is 6.92 Å². The lowest BCUT2D eigenvalue weighted by Gasteiger charge is -2.37. The maximum atomic E-state index is 12.4. The first-order chi connectivity index (χ1) is 11.4. The number of benzene rings is 1. The molecule has 0 unspecified atom stereocenters. The summed E-state index contributed by atoms with van der Waals surface area (Å²) >= 11 is 12.0. The molecule has 1 saturated heterocycles. The van der Waals surface area contributed by atoms with Crippen molar-refractivity contribution in [2.75, 3.05) is 45.1 Å². The molecule has 1 heterocycles. The number of piperazine rings is 1. The number of carbonyl (C=O) groups is 2. The van der Waals surface area contributed by atoms with Gasteiger partial charge in [-0.1, -0.05) is 23.2 Å². The molecule has 132 valence electrons. The van der Waals surface area contributed by atoms with Crippen LogP contribution in [-0.2, 0) is 9.59 Å². The van der Waals surface area contributed by atoms with Gasteiger partial charge in [0, 0.05) is 38.2 Å². The van der Waals surface area contributed by atoms with Crippen molar-refractivity contribution in [1.82, 2.24) is 15.1 Å². The van der Waals surface area contributed by atoms with Gasteiger partial charge in [0.05, 0.1) is 23.3 Å². The molecule has 2 amide bonds. The van der Waals surface area contributed by atoms with Crippen LogP contribution in [0.3, 0.4) is 0 Å². The molecule has 8 heteroatoms. The highest BCUT2D eigenvalue weighted by atomic mass is 35.5. The molecule has 24 heavy (non-hydrogen) atoms. The van der Waals surface area contributed by atoms with Crippen molar-refractivity contribution in [2.45, 2.75) is 13.0 Å². The Bertz CT molecular complexity index is 604. The van der Waals surface area contributed by atoms with Crippen LogP contribution in [-0.4, -0.2) is 67.4 Å². The fraction of sp³-hybridized carbons (Fsp3) is 0.500. The van der Waals surface area contributed by atoms with E-state index in [0.29, 0.717) is 22.3 Å². The van der Waals surface area contributed by atoms with E-state index in [0.717, 1.165) is 26.2 Å². The molecule has 2 rings (SSSR count). The van der Waals surface area contributed by atoms with Gasteiger partial charge in [0.1, 0.15) is 0 Å². The van der Waals surface area contributed by atoms with Crippen molar-refractivity contribution >= 4 is 40.7 Å². The minimum absolute atomic E-state index is 0.00448. The molecule has 1 aromatic carbocycles. The Hall–Kier alpha value is -1.34. The molecule has 0 aromatic heterocycles. The number of hydrogen-bond donors (Lipinski definition) is 2. The van der Waals surface area contributed by atoms with Gasteiger partial charge in [0.25, 0.3) is 0 Å². The molecule has 2 N–H and O–H groups in total. The van der Waals surface area contributed by atoms with Crippen LogP contribution in [0.5, 0.6) is 0 Å². The lowest BCUT2D eigenvalue weighted by molar-refractivity contribution is -0.124. The first-order valence-corrected chi connectivity index (χ1v) is 8.59. The maximum Gasteiger partial charge on any atom is 0.241 e. The monoisotopic (exact) mass is 372 g/mol. The summed E-state index contributed by atoms with van der Waals surface area (Å²) in [5, 5.41) is 6.42.